The predicted molar refractivity (Wildman–Crippen MR) is 70.1 cm³/mol. The SMILES string of the molecule is CCc1[nH]c(=O)cc(O)c1-c1ccc(OC)cc1. The molecule has 0 aliphatic heterocycles. The first kappa shape index (κ1) is 12.2. The molecule has 1 heterocycles. The number of methoxy groups -OCH3 is 1. The fraction of sp³-hybridized carbons (Fsp3) is 0.214. The van der Waals surface area contributed by atoms with E-state index >= 15 is 0 Å². The van der Waals surface area contributed by atoms with Crippen molar-refractivity contribution >= 4 is 0 Å². The van der Waals surface area contributed by atoms with Crippen LogP contribution in [0.5, 0.6) is 11.5 Å². The van der Waals surface area contributed by atoms with Gasteiger partial charge in [-0.15, -0.1) is 0 Å². The molecule has 0 atom stereocenters. The molecule has 0 spiro atoms. The lowest BCUT2D eigenvalue weighted by atomic mass is 10.0. The third kappa shape index (κ3) is 2.22. The van der Waals surface area contributed by atoms with E-state index in [0.29, 0.717) is 12.0 Å². The van der Waals surface area contributed by atoms with Gasteiger partial charge in [0.15, 0.2) is 0 Å². The highest BCUT2D eigenvalue weighted by molar-refractivity contribution is 5.72. The van der Waals surface area contributed by atoms with Gasteiger partial charge >= 0.3 is 0 Å². The Balaban J connectivity index is 2.58. The van der Waals surface area contributed by atoms with Crippen LogP contribution in [-0.2, 0) is 6.42 Å². The average molecular weight is 245 g/mol. The van der Waals surface area contributed by atoms with Gasteiger partial charge in [-0.2, -0.15) is 0 Å². The van der Waals surface area contributed by atoms with Gasteiger partial charge in [-0.1, -0.05) is 19.1 Å². The lowest BCUT2D eigenvalue weighted by molar-refractivity contribution is 0.415. The van der Waals surface area contributed by atoms with Crippen molar-refractivity contribution in [2.45, 2.75) is 13.3 Å². The van der Waals surface area contributed by atoms with Gasteiger partial charge in [0.2, 0.25) is 0 Å². The molecule has 2 rings (SSSR count). The molecule has 2 aromatic rings. The molecule has 0 aliphatic rings. The number of hydrogen-bond acceptors (Lipinski definition) is 3. The van der Waals surface area contributed by atoms with Crippen LogP contribution in [0, 0.1) is 0 Å². The van der Waals surface area contributed by atoms with E-state index in [0.717, 1.165) is 17.0 Å². The molecule has 0 radical (unpaired) electrons. The van der Waals surface area contributed by atoms with Crippen LogP contribution >= 0.6 is 0 Å². The number of H-pyrrole nitrogens is 1. The van der Waals surface area contributed by atoms with Crippen LogP contribution < -0.4 is 10.3 Å². The summed E-state index contributed by atoms with van der Waals surface area (Å²) in [4.78, 5) is 14.1. The zero-order valence-corrected chi connectivity index (χ0v) is 10.4. The Morgan fingerprint density at radius 2 is 1.94 bits per heavy atom. The molecule has 0 fully saturated rings. The number of hydrogen-bond donors (Lipinski definition) is 2. The van der Waals surface area contributed by atoms with E-state index in [1.54, 1.807) is 7.11 Å². The number of aromatic hydroxyl groups is 1. The van der Waals surface area contributed by atoms with Crippen molar-refractivity contribution in [2.75, 3.05) is 7.11 Å². The van der Waals surface area contributed by atoms with Gasteiger partial charge in [0, 0.05) is 17.3 Å². The summed E-state index contributed by atoms with van der Waals surface area (Å²) >= 11 is 0. The second-order valence-electron chi connectivity index (χ2n) is 3.95. The number of rotatable bonds is 3. The second-order valence-corrected chi connectivity index (χ2v) is 3.95. The largest absolute Gasteiger partial charge is 0.507 e. The van der Waals surface area contributed by atoms with E-state index in [9.17, 15) is 9.90 Å². The summed E-state index contributed by atoms with van der Waals surface area (Å²) in [7, 11) is 1.60. The maximum atomic E-state index is 11.3. The Morgan fingerprint density at radius 1 is 1.28 bits per heavy atom. The standard InChI is InChI=1S/C14H15NO3/c1-3-11-14(12(16)8-13(17)15-11)9-4-6-10(18-2)7-5-9/h4-8H,3H2,1-2H3,(H2,15,16,17). The normalized spacial score (nSPS) is 10.3. The van der Waals surface area contributed by atoms with Crippen molar-refractivity contribution in [3.05, 3.63) is 46.4 Å². The van der Waals surface area contributed by atoms with Gasteiger partial charge in [-0.05, 0) is 24.1 Å². The molecule has 4 nitrogen and oxygen atoms in total. The maximum Gasteiger partial charge on any atom is 0.251 e. The van der Waals surface area contributed by atoms with Crippen LogP contribution in [0.2, 0.25) is 0 Å². The predicted octanol–water partition coefficient (Wildman–Crippen LogP) is 2.32. The highest BCUT2D eigenvalue weighted by Gasteiger charge is 2.11. The van der Waals surface area contributed by atoms with Crippen LogP contribution in [0.1, 0.15) is 12.6 Å². The Labute approximate surface area is 105 Å². The molecule has 0 amide bonds. The van der Waals surface area contributed by atoms with Gasteiger partial charge in [0.1, 0.15) is 11.5 Å². The van der Waals surface area contributed by atoms with Crippen LogP contribution in [0.25, 0.3) is 11.1 Å². The van der Waals surface area contributed by atoms with Gasteiger partial charge < -0.3 is 14.8 Å². The second kappa shape index (κ2) is 4.96. The van der Waals surface area contributed by atoms with Crippen molar-refractivity contribution in [3.8, 4) is 22.6 Å². The van der Waals surface area contributed by atoms with E-state index in [2.05, 4.69) is 4.98 Å². The van der Waals surface area contributed by atoms with Gasteiger partial charge in [-0.25, -0.2) is 0 Å². The molecule has 2 N–H and O–H groups in total. The molecule has 4 heteroatoms. The first-order chi connectivity index (χ1) is 8.65. The minimum absolute atomic E-state index is 0.000710. The van der Waals surface area contributed by atoms with E-state index in [1.807, 2.05) is 31.2 Å². The number of nitrogens with one attached hydrogen (secondary N) is 1. The zero-order chi connectivity index (χ0) is 13.1. The molecule has 0 saturated carbocycles. The lowest BCUT2D eigenvalue weighted by Crippen LogP contribution is -2.08. The fourth-order valence-electron chi connectivity index (χ4n) is 1.94. The highest BCUT2D eigenvalue weighted by Crippen LogP contribution is 2.31. The molecule has 0 bridgehead atoms. The van der Waals surface area contributed by atoms with E-state index in [-0.39, 0.29) is 11.3 Å². The summed E-state index contributed by atoms with van der Waals surface area (Å²) < 4.78 is 5.09. The molecular weight excluding hydrogens is 230 g/mol. The molecule has 0 saturated heterocycles. The summed E-state index contributed by atoms with van der Waals surface area (Å²) in [5.41, 5.74) is 1.95. The number of pyridine rings is 1. The maximum absolute atomic E-state index is 11.3. The molecule has 18 heavy (non-hydrogen) atoms. The monoisotopic (exact) mass is 245 g/mol. The van der Waals surface area contributed by atoms with Gasteiger partial charge in [0.25, 0.3) is 5.56 Å². The third-order valence-electron chi connectivity index (χ3n) is 2.83. The first-order valence-corrected chi connectivity index (χ1v) is 5.75. The lowest BCUT2D eigenvalue weighted by Gasteiger charge is -2.10. The topological polar surface area (TPSA) is 62.3 Å². The van der Waals surface area contributed by atoms with Gasteiger partial charge in [0.05, 0.1) is 7.11 Å². The Morgan fingerprint density at radius 3 is 2.50 bits per heavy atom. The van der Waals surface area contributed by atoms with Crippen molar-refractivity contribution in [2.24, 2.45) is 0 Å². The number of aryl methyl sites for hydroxylation is 1. The summed E-state index contributed by atoms with van der Waals surface area (Å²) in [6, 6.07) is 8.54. The van der Waals surface area contributed by atoms with Crippen molar-refractivity contribution in [1.29, 1.82) is 0 Å². The van der Waals surface area contributed by atoms with E-state index in [1.165, 1.54) is 6.07 Å². The molecule has 0 unspecified atom stereocenters. The Hall–Kier alpha value is -2.23. The average Bonchev–Trinajstić information content (AvgIpc) is 2.38. The Bertz CT molecular complexity index is 599. The molecule has 94 valence electrons. The van der Waals surface area contributed by atoms with Gasteiger partial charge in [-0.3, -0.25) is 4.79 Å². The summed E-state index contributed by atoms with van der Waals surface area (Å²) in [5.74, 6) is 0.751. The number of aromatic nitrogens is 1. The molecular formula is C14H15NO3. The molecule has 0 aliphatic carbocycles. The fourth-order valence-corrected chi connectivity index (χ4v) is 1.94. The van der Waals surface area contributed by atoms with Crippen LogP contribution in [-0.4, -0.2) is 17.2 Å². The first-order valence-electron chi connectivity index (χ1n) is 5.75. The Kier molecular flexibility index (Phi) is 3.37. The minimum atomic E-state index is -0.290. The smallest absolute Gasteiger partial charge is 0.251 e. The highest BCUT2D eigenvalue weighted by atomic mass is 16.5. The number of ether oxygens (including phenoxy) is 1. The van der Waals surface area contributed by atoms with E-state index < -0.39 is 0 Å². The van der Waals surface area contributed by atoms with Crippen molar-refractivity contribution in [1.82, 2.24) is 4.98 Å². The zero-order valence-electron chi connectivity index (χ0n) is 10.4. The summed E-state index contributed by atoms with van der Waals surface area (Å²) in [6.45, 7) is 1.93. The summed E-state index contributed by atoms with van der Waals surface area (Å²) in [5, 5.41) is 9.93. The molecule has 1 aromatic carbocycles. The molecule has 1 aromatic heterocycles. The third-order valence-corrected chi connectivity index (χ3v) is 2.83. The summed E-state index contributed by atoms with van der Waals surface area (Å²) in [6.07, 6.45) is 0.644. The number of benzene rings is 1. The van der Waals surface area contributed by atoms with Crippen LogP contribution in [0.15, 0.2) is 35.1 Å². The van der Waals surface area contributed by atoms with Crippen LogP contribution in [0.4, 0.5) is 0 Å². The number of aromatic amines is 1. The van der Waals surface area contributed by atoms with Crippen LogP contribution in [0.3, 0.4) is 0 Å². The van der Waals surface area contributed by atoms with Crippen molar-refractivity contribution in [3.63, 3.8) is 0 Å². The van der Waals surface area contributed by atoms with Crippen molar-refractivity contribution < 1.29 is 9.84 Å². The van der Waals surface area contributed by atoms with E-state index in [4.69, 9.17) is 4.74 Å². The minimum Gasteiger partial charge on any atom is -0.507 e. The quantitative estimate of drug-likeness (QED) is 0.872.